The summed E-state index contributed by atoms with van der Waals surface area (Å²) in [5.41, 5.74) is 8.31. The van der Waals surface area contributed by atoms with Crippen molar-refractivity contribution in [3.63, 3.8) is 0 Å². The van der Waals surface area contributed by atoms with Gasteiger partial charge in [-0.1, -0.05) is 37.3 Å². The standard InChI is InChI=1S/C30H42ClN3O/c1-10-13-27-26(14-12-16-35-25-17-19(3)29(31)20(4)18-25)24(8)34(15-11-2)30(27)21(5)28(22(6)32)23(7)33-9/h10,13,17-18,32-33H,1,11-12,14-16H2,2-9H3/b27-13-,28-23-,30-21-,32-22?. The largest absolute Gasteiger partial charge is 0.494 e. The average molecular weight is 496 g/mol. The topological polar surface area (TPSA) is 50.0 Å². The first kappa shape index (κ1) is 28.5. The molecule has 2 N–H and O–H groups in total. The molecule has 4 nitrogen and oxygen atoms in total. The van der Waals surface area contributed by atoms with Gasteiger partial charge in [-0.3, -0.25) is 0 Å². The molecule has 0 saturated carbocycles. The van der Waals surface area contributed by atoms with Crippen LogP contribution in [0.4, 0.5) is 0 Å². The second kappa shape index (κ2) is 12.8. The molecule has 0 amide bonds. The van der Waals surface area contributed by atoms with E-state index in [2.05, 4.69) is 43.3 Å². The lowest BCUT2D eigenvalue weighted by atomic mass is 9.99. The van der Waals surface area contributed by atoms with Crippen LogP contribution in [0.15, 0.2) is 36.1 Å². The van der Waals surface area contributed by atoms with Gasteiger partial charge in [0.05, 0.1) is 12.0 Å². The Morgan fingerprint density at radius 2 is 1.80 bits per heavy atom. The summed E-state index contributed by atoms with van der Waals surface area (Å²) >= 11 is 6.30. The molecule has 0 radical (unpaired) electrons. The monoisotopic (exact) mass is 495 g/mol. The number of rotatable bonds is 11. The fourth-order valence-corrected chi connectivity index (χ4v) is 4.96. The smallest absolute Gasteiger partial charge is 0.119 e. The first-order valence-electron chi connectivity index (χ1n) is 12.4. The Labute approximate surface area is 216 Å². The minimum atomic E-state index is 0.560. The van der Waals surface area contributed by atoms with Crippen LogP contribution in [-0.2, 0) is 13.0 Å². The Morgan fingerprint density at radius 1 is 1.17 bits per heavy atom. The lowest BCUT2D eigenvalue weighted by Crippen LogP contribution is -2.34. The Bertz CT molecular complexity index is 1220. The Morgan fingerprint density at radius 3 is 2.31 bits per heavy atom. The molecule has 0 aliphatic carbocycles. The predicted molar refractivity (Wildman–Crippen MR) is 152 cm³/mol. The van der Waals surface area contributed by atoms with Gasteiger partial charge in [-0.15, -0.1) is 0 Å². The van der Waals surface area contributed by atoms with E-state index in [9.17, 15) is 0 Å². The minimum absolute atomic E-state index is 0.560. The molecular weight excluding hydrogens is 454 g/mol. The van der Waals surface area contributed by atoms with E-state index >= 15 is 0 Å². The average Bonchev–Trinajstić information content (AvgIpc) is 3.05. The SMILES string of the molecule is C=C/C=c1/c(CCCOc2cc(C)c(Cl)c(C)c2)c(C)n(CCC)/c1=C(C)\C(C(C)=N)=C(/C)NC. The zero-order valence-electron chi connectivity index (χ0n) is 22.8. The minimum Gasteiger partial charge on any atom is -0.494 e. The Balaban J connectivity index is 2.53. The lowest BCUT2D eigenvalue weighted by molar-refractivity contribution is 0.310. The molecular formula is C30H42ClN3O. The summed E-state index contributed by atoms with van der Waals surface area (Å²) in [5.74, 6) is 0.867. The van der Waals surface area contributed by atoms with Crippen molar-refractivity contribution in [2.24, 2.45) is 0 Å². The van der Waals surface area contributed by atoms with Crippen molar-refractivity contribution in [1.29, 1.82) is 5.41 Å². The highest BCUT2D eigenvalue weighted by Gasteiger charge is 2.16. The van der Waals surface area contributed by atoms with Crippen molar-refractivity contribution in [3.05, 3.63) is 74.0 Å². The predicted octanol–water partition coefficient (Wildman–Crippen LogP) is 6.16. The summed E-state index contributed by atoms with van der Waals surface area (Å²) < 4.78 is 8.50. The molecule has 0 spiro atoms. The molecule has 0 aliphatic rings. The van der Waals surface area contributed by atoms with E-state index in [0.717, 1.165) is 64.5 Å². The number of aryl methyl sites for hydroxylation is 2. The van der Waals surface area contributed by atoms with Gasteiger partial charge in [-0.25, -0.2) is 0 Å². The molecule has 35 heavy (non-hydrogen) atoms. The van der Waals surface area contributed by atoms with Crippen LogP contribution >= 0.6 is 11.6 Å². The quantitative estimate of drug-likeness (QED) is 0.290. The van der Waals surface area contributed by atoms with Crippen molar-refractivity contribution in [3.8, 4) is 5.75 Å². The van der Waals surface area contributed by atoms with E-state index in [1.165, 1.54) is 21.8 Å². The van der Waals surface area contributed by atoms with Crippen molar-refractivity contribution in [2.45, 2.75) is 74.3 Å². The van der Waals surface area contributed by atoms with E-state index in [4.69, 9.17) is 21.7 Å². The maximum Gasteiger partial charge on any atom is 0.119 e. The molecule has 2 rings (SSSR count). The maximum absolute atomic E-state index is 8.45. The number of hydrogen-bond donors (Lipinski definition) is 2. The van der Waals surface area contributed by atoms with Gasteiger partial charge in [-0.05, 0) is 95.2 Å². The summed E-state index contributed by atoms with van der Waals surface area (Å²) in [7, 11) is 1.91. The van der Waals surface area contributed by atoms with Crippen LogP contribution in [0.1, 0.15) is 62.9 Å². The van der Waals surface area contributed by atoms with Gasteiger partial charge in [0.2, 0.25) is 0 Å². The summed E-state index contributed by atoms with van der Waals surface area (Å²) in [4.78, 5) is 0. The van der Waals surface area contributed by atoms with Gasteiger partial charge in [0.1, 0.15) is 5.75 Å². The summed E-state index contributed by atoms with van der Waals surface area (Å²) in [6, 6.07) is 4.01. The van der Waals surface area contributed by atoms with Gasteiger partial charge in [0.25, 0.3) is 0 Å². The fourth-order valence-electron chi connectivity index (χ4n) is 4.85. The molecule has 0 aliphatic heterocycles. The first-order chi connectivity index (χ1) is 16.6. The normalized spacial score (nSPS) is 13.5. The molecule has 1 aromatic carbocycles. The van der Waals surface area contributed by atoms with Crippen LogP contribution in [0.5, 0.6) is 5.75 Å². The zero-order valence-corrected chi connectivity index (χ0v) is 23.5. The summed E-state index contributed by atoms with van der Waals surface area (Å²) in [6.07, 6.45) is 6.82. The van der Waals surface area contributed by atoms with E-state index < -0.39 is 0 Å². The molecule has 0 bridgehead atoms. The number of aromatic nitrogens is 1. The highest BCUT2D eigenvalue weighted by atomic mass is 35.5. The molecule has 190 valence electrons. The molecule has 1 aromatic heterocycles. The zero-order chi connectivity index (χ0) is 26.3. The van der Waals surface area contributed by atoms with Crippen molar-refractivity contribution >= 4 is 29.0 Å². The molecule has 0 fully saturated rings. The third kappa shape index (κ3) is 6.49. The van der Waals surface area contributed by atoms with Crippen LogP contribution < -0.4 is 20.6 Å². The van der Waals surface area contributed by atoms with E-state index in [1.807, 2.05) is 53.0 Å². The van der Waals surface area contributed by atoms with Crippen molar-refractivity contribution in [1.82, 2.24) is 9.88 Å². The summed E-state index contributed by atoms with van der Waals surface area (Å²) in [5, 5.41) is 14.9. The van der Waals surface area contributed by atoms with Gasteiger partial charge < -0.3 is 20.0 Å². The fraction of sp³-hybridized carbons (Fsp3) is 0.433. The maximum atomic E-state index is 8.45. The van der Waals surface area contributed by atoms with Crippen LogP contribution in [0.3, 0.4) is 0 Å². The van der Waals surface area contributed by atoms with E-state index in [1.54, 1.807) is 0 Å². The molecule has 2 aromatic rings. The third-order valence-corrected chi connectivity index (χ3v) is 7.12. The first-order valence-corrected chi connectivity index (χ1v) is 12.8. The van der Waals surface area contributed by atoms with Crippen molar-refractivity contribution in [2.75, 3.05) is 13.7 Å². The van der Waals surface area contributed by atoms with Crippen LogP contribution in [0, 0.1) is 26.2 Å². The van der Waals surface area contributed by atoms with E-state index in [0.29, 0.717) is 12.3 Å². The molecule has 5 heteroatoms. The third-order valence-electron chi connectivity index (χ3n) is 6.53. The molecule has 0 atom stereocenters. The van der Waals surface area contributed by atoms with Crippen LogP contribution in [0.25, 0.3) is 11.6 Å². The molecule has 1 heterocycles. The van der Waals surface area contributed by atoms with Crippen molar-refractivity contribution < 1.29 is 4.74 Å². The van der Waals surface area contributed by atoms with Gasteiger partial charge in [0.15, 0.2) is 0 Å². The summed E-state index contributed by atoms with van der Waals surface area (Å²) in [6.45, 7) is 20.0. The highest BCUT2D eigenvalue weighted by Crippen LogP contribution is 2.26. The Hall–Kier alpha value is -2.72. The highest BCUT2D eigenvalue weighted by molar-refractivity contribution is 6.32. The number of benzene rings is 1. The molecule has 0 unspecified atom stereocenters. The number of nitrogens with zero attached hydrogens (tertiary/aromatic N) is 1. The number of ether oxygens (including phenoxy) is 1. The molecule has 0 saturated heterocycles. The number of halogens is 1. The van der Waals surface area contributed by atoms with Crippen LogP contribution in [0.2, 0.25) is 5.02 Å². The second-order valence-electron chi connectivity index (χ2n) is 9.20. The number of hydrogen-bond acceptors (Lipinski definition) is 3. The van der Waals surface area contributed by atoms with Gasteiger partial charge >= 0.3 is 0 Å². The van der Waals surface area contributed by atoms with Gasteiger partial charge in [-0.2, -0.15) is 0 Å². The van der Waals surface area contributed by atoms with Gasteiger partial charge in [0, 0.05) is 46.5 Å². The van der Waals surface area contributed by atoms with Crippen LogP contribution in [-0.4, -0.2) is 23.9 Å². The number of nitrogens with one attached hydrogen (secondary N) is 2. The second-order valence-corrected chi connectivity index (χ2v) is 9.58. The van der Waals surface area contributed by atoms with E-state index in [-0.39, 0.29) is 0 Å². The lowest BCUT2D eigenvalue weighted by Gasteiger charge is -2.14. The Kier molecular flexibility index (Phi) is 10.5. The number of allylic oxidation sites excluding steroid dienone is 3.